The molecule has 5 nitrogen and oxygen atoms in total. The molecule has 0 atom stereocenters. The van der Waals surface area contributed by atoms with E-state index < -0.39 is 0 Å². The molecule has 2 aromatic rings. The van der Waals surface area contributed by atoms with E-state index in [9.17, 15) is 4.79 Å². The van der Waals surface area contributed by atoms with E-state index >= 15 is 0 Å². The van der Waals surface area contributed by atoms with Gasteiger partial charge in [-0.25, -0.2) is 4.98 Å². The maximum Gasteiger partial charge on any atom is 0.226 e. The number of aromatic nitrogens is 2. The molecule has 0 radical (unpaired) electrons. The number of amides is 1. The highest BCUT2D eigenvalue weighted by atomic mass is 16.1. The Morgan fingerprint density at radius 2 is 2.15 bits per heavy atom. The highest BCUT2D eigenvalue weighted by molar-refractivity contribution is 5.79. The predicted molar refractivity (Wildman–Crippen MR) is 79.4 cm³/mol. The molecule has 0 aliphatic heterocycles. The quantitative estimate of drug-likeness (QED) is 0.838. The number of carbonyl (C=O) groups excluding carboxylic acids is 1. The Morgan fingerprint density at radius 1 is 1.40 bits per heavy atom. The Balaban J connectivity index is 2.07. The SMILES string of the molecule is CCC(CC)(CN)NC(=O)Cc1cn2ccccc2n1. The van der Waals surface area contributed by atoms with Crippen molar-refractivity contribution in [2.75, 3.05) is 6.54 Å². The number of fused-ring (bicyclic) bond motifs is 1. The second kappa shape index (κ2) is 6.05. The summed E-state index contributed by atoms with van der Waals surface area (Å²) >= 11 is 0. The summed E-state index contributed by atoms with van der Waals surface area (Å²) in [6.45, 7) is 4.54. The average Bonchev–Trinajstić information content (AvgIpc) is 2.87. The van der Waals surface area contributed by atoms with Crippen LogP contribution in [-0.2, 0) is 11.2 Å². The number of hydrogen-bond acceptors (Lipinski definition) is 3. The van der Waals surface area contributed by atoms with Gasteiger partial charge in [-0.05, 0) is 25.0 Å². The molecule has 1 amide bonds. The van der Waals surface area contributed by atoms with Crippen LogP contribution in [0.4, 0.5) is 0 Å². The number of nitrogens with one attached hydrogen (secondary N) is 1. The van der Waals surface area contributed by atoms with Crippen molar-refractivity contribution < 1.29 is 4.79 Å². The van der Waals surface area contributed by atoms with E-state index in [-0.39, 0.29) is 17.9 Å². The van der Waals surface area contributed by atoms with E-state index in [1.54, 1.807) is 0 Å². The number of nitrogens with two attached hydrogens (primary N) is 1. The van der Waals surface area contributed by atoms with E-state index in [0.717, 1.165) is 24.2 Å². The minimum atomic E-state index is -0.295. The van der Waals surface area contributed by atoms with Crippen molar-refractivity contribution in [2.24, 2.45) is 5.73 Å². The van der Waals surface area contributed by atoms with Gasteiger partial charge in [0.15, 0.2) is 0 Å². The summed E-state index contributed by atoms with van der Waals surface area (Å²) in [7, 11) is 0. The smallest absolute Gasteiger partial charge is 0.226 e. The van der Waals surface area contributed by atoms with Crippen LogP contribution >= 0.6 is 0 Å². The number of hydrogen-bond donors (Lipinski definition) is 2. The first-order chi connectivity index (χ1) is 9.62. The molecule has 0 fully saturated rings. The van der Waals surface area contributed by atoms with Gasteiger partial charge >= 0.3 is 0 Å². The first-order valence-corrected chi connectivity index (χ1v) is 7.06. The maximum atomic E-state index is 12.2. The lowest BCUT2D eigenvalue weighted by Gasteiger charge is -2.31. The third-order valence-electron chi connectivity index (χ3n) is 3.90. The second-order valence-corrected chi connectivity index (χ2v) is 5.11. The normalized spacial score (nSPS) is 11.8. The Kier molecular flexibility index (Phi) is 4.39. The van der Waals surface area contributed by atoms with Crippen LogP contribution in [0, 0.1) is 0 Å². The van der Waals surface area contributed by atoms with Crippen molar-refractivity contribution in [1.29, 1.82) is 0 Å². The van der Waals surface area contributed by atoms with Crippen LogP contribution in [0.25, 0.3) is 5.65 Å². The number of rotatable bonds is 6. The monoisotopic (exact) mass is 274 g/mol. The molecule has 3 N–H and O–H groups in total. The summed E-state index contributed by atoms with van der Waals surface area (Å²) in [5, 5.41) is 3.06. The summed E-state index contributed by atoms with van der Waals surface area (Å²) in [5.74, 6) is -0.0254. The first-order valence-electron chi connectivity index (χ1n) is 7.06. The van der Waals surface area contributed by atoms with Gasteiger partial charge in [0.2, 0.25) is 5.91 Å². The van der Waals surface area contributed by atoms with Gasteiger partial charge in [-0.15, -0.1) is 0 Å². The van der Waals surface area contributed by atoms with E-state index in [4.69, 9.17) is 5.73 Å². The molecule has 0 unspecified atom stereocenters. The van der Waals surface area contributed by atoms with Crippen molar-refractivity contribution >= 4 is 11.6 Å². The van der Waals surface area contributed by atoms with Crippen LogP contribution in [0.15, 0.2) is 30.6 Å². The fraction of sp³-hybridized carbons (Fsp3) is 0.467. The van der Waals surface area contributed by atoms with Crippen LogP contribution in [0.1, 0.15) is 32.4 Å². The van der Waals surface area contributed by atoms with Crippen LogP contribution in [-0.4, -0.2) is 27.4 Å². The van der Waals surface area contributed by atoms with Crippen LogP contribution in [0.5, 0.6) is 0 Å². The van der Waals surface area contributed by atoms with Gasteiger partial charge in [0.05, 0.1) is 17.7 Å². The molecule has 108 valence electrons. The van der Waals surface area contributed by atoms with Gasteiger partial charge in [0, 0.05) is 18.9 Å². The van der Waals surface area contributed by atoms with Gasteiger partial charge in [-0.2, -0.15) is 0 Å². The lowest BCUT2D eigenvalue weighted by atomic mass is 9.92. The van der Waals surface area contributed by atoms with Crippen molar-refractivity contribution in [3.05, 3.63) is 36.3 Å². The maximum absolute atomic E-state index is 12.2. The second-order valence-electron chi connectivity index (χ2n) is 5.11. The average molecular weight is 274 g/mol. The Hall–Kier alpha value is -1.88. The number of carbonyl (C=O) groups is 1. The minimum Gasteiger partial charge on any atom is -0.349 e. The molecule has 0 aromatic carbocycles. The molecule has 2 aromatic heterocycles. The van der Waals surface area contributed by atoms with Crippen LogP contribution < -0.4 is 11.1 Å². The molecule has 0 aliphatic rings. The standard InChI is InChI=1S/C15H22N4O/c1-3-15(4-2,11-16)18-14(20)9-12-10-19-8-6-5-7-13(19)17-12/h5-8,10H,3-4,9,11,16H2,1-2H3,(H,18,20). The Labute approximate surface area is 119 Å². The number of imidazole rings is 1. The van der Waals surface area contributed by atoms with Crippen molar-refractivity contribution in [3.8, 4) is 0 Å². The van der Waals surface area contributed by atoms with E-state index in [1.807, 2.05) is 48.8 Å². The summed E-state index contributed by atoms with van der Waals surface area (Å²) in [6.07, 6.45) is 5.75. The topological polar surface area (TPSA) is 72.4 Å². The van der Waals surface area contributed by atoms with E-state index in [1.165, 1.54) is 0 Å². The Bertz CT molecular complexity index is 545. The molecule has 0 saturated heterocycles. The zero-order valence-electron chi connectivity index (χ0n) is 12.1. The zero-order chi connectivity index (χ0) is 14.6. The van der Waals surface area contributed by atoms with Gasteiger partial charge in [0.1, 0.15) is 5.65 Å². The molecule has 0 aliphatic carbocycles. The third-order valence-corrected chi connectivity index (χ3v) is 3.90. The number of pyridine rings is 1. The summed E-state index contributed by atoms with van der Waals surface area (Å²) in [6, 6.07) is 5.79. The molecule has 5 heteroatoms. The zero-order valence-corrected chi connectivity index (χ0v) is 12.1. The minimum absolute atomic E-state index is 0.0254. The molecule has 0 spiro atoms. The van der Waals surface area contributed by atoms with E-state index in [2.05, 4.69) is 10.3 Å². The van der Waals surface area contributed by atoms with Gasteiger partial charge in [0.25, 0.3) is 0 Å². The molecule has 0 saturated carbocycles. The largest absolute Gasteiger partial charge is 0.349 e. The molecular formula is C15H22N4O. The fourth-order valence-electron chi connectivity index (χ4n) is 2.34. The van der Waals surface area contributed by atoms with Gasteiger partial charge in [-0.3, -0.25) is 4.79 Å². The van der Waals surface area contributed by atoms with E-state index in [0.29, 0.717) is 6.54 Å². The lowest BCUT2D eigenvalue weighted by Crippen LogP contribution is -2.53. The van der Waals surface area contributed by atoms with Crippen molar-refractivity contribution in [1.82, 2.24) is 14.7 Å². The summed E-state index contributed by atoms with van der Waals surface area (Å²) < 4.78 is 1.92. The van der Waals surface area contributed by atoms with Crippen molar-refractivity contribution in [2.45, 2.75) is 38.6 Å². The lowest BCUT2D eigenvalue weighted by molar-refractivity contribution is -0.122. The molecule has 20 heavy (non-hydrogen) atoms. The first kappa shape index (κ1) is 14.5. The van der Waals surface area contributed by atoms with Crippen molar-refractivity contribution in [3.63, 3.8) is 0 Å². The van der Waals surface area contributed by atoms with Gasteiger partial charge in [-0.1, -0.05) is 19.9 Å². The fourth-order valence-corrected chi connectivity index (χ4v) is 2.34. The Morgan fingerprint density at radius 3 is 2.75 bits per heavy atom. The molecule has 2 heterocycles. The number of nitrogens with zero attached hydrogens (tertiary/aromatic N) is 2. The molecule has 2 rings (SSSR count). The highest BCUT2D eigenvalue weighted by Crippen LogP contribution is 2.14. The summed E-state index contributed by atoms with van der Waals surface area (Å²) in [5.41, 5.74) is 7.13. The molecular weight excluding hydrogens is 252 g/mol. The highest BCUT2D eigenvalue weighted by Gasteiger charge is 2.26. The van der Waals surface area contributed by atoms with Gasteiger partial charge < -0.3 is 15.5 Å². The summed E-state index contributed by atoms with van der Waals surface area (Å²) in [4.78, 5) is 16.6. The molecule has 0 bridgehead atoms. The predicted octanol–water partition coefficient (Wildman–Crippen LogP) is 1.51. The third kappa shape index (κ3) is 2.99. The van der Waals surface area contributed by atoms with Crippen LogP contribution in [0.2, 0.25) is 0 Å². The van der Waals surface area contributed by atoms with Crippen LogP contribution in [0.3, 0.4) is 0 Å².